The highest BCUT2D eigenvalue weighted by atomic mass is 16.4. The molecule has 0 saturated heterocycles. The van der Waals surface area contributed by atoms with Gasteiger partial charge in [0.15, 0.2) is 0 Å². The third kappa shape index (κ3) is 5.09. The Morgan fingerprint density at radius 1 is 0.818 bits per heavy atom. The lowest BCUT2D eigenvalue weighted by atomic mass is 10.1. The SMILES string of the molecule is O=C([O-])C=CC(=O)Nc1ccc(C=Cc2ccccc2)cc1. The van der Waals surface area contributed by atoms with Gasteiger partial charge in [0, 0.05) is 11.8 Å². The molecule has 0 aliphatic heterocycles. The van der Waals surface area contributed by atoms with Crippen LogP contribution in [0.15, 0.2) is 66.7 Å². The standard InChI is InChI=1S/C18H15NO3/c20-17(12-13-18(21)22)19-16-10-8-15(9-11-16)7-6-14-4-2-1-3-5-14/h1-13H,(H,19,20)(H,21,22)/p-1. The summed E-state index contributed by atoms with van der Waals surface area (Å²) >= 11 is 0. The minimum Gasteiger partial charge on any atom is -0.545 e. The topological polar surface area (TPSA) is 69.2 Å². The van der Waals surface area contributed by atoms with E-state index in [9.17, 15) is 14.7 Å². The van der Waals surface area contributed by atoms with Crippen molar-refractivity contribution in [2.45, 2.75) is 0 Å². The van der Waals surface area contributed by atoms with Gasteiger partial charge >= 0.3 is 0 Å². The highest BCUT2D eigenvalue weighted by Gasteiger charge is 1.97. The molecule has 0 radical (unpaired) electrons. The van der Waals surface area contributed by atoms with Gasteiger partial charge in [-0.1, -0.05) is 54.6 Å². The zero-order valence-electron chi connectivity index (χ0n) is 11.7. The van der Waals surface area contributed by atoms with Gasteiger partial charge in [-0.05, 0) is 29.3 Å². The van der Waals surface area contributed by atoms with Crippen molar-refractivity contribution < 1.29 is 14.7 Å². The van der Waals surface area contributed by atoms with E-state index in [0.717, 1.165) is 17.2 Å². The zero-order chi connectivity index (χ0) is 15.8. The normalized spacial score (nSPS) is 10.9. The van der Waals surface area contributed by atoms with Crippen molar-refractivity contribution in [3.63, 3.8) is 0 Å². The van der Waals surface area contributed by atoms with Gasteiger partial charge in [-0.2, -0.15) is 0 Å². The molecule has 2 rings (SSSR count). The van der Waals surface area contributed by atoms with Crippen LogP contribution in [0.4, 0.5) is 5.69 Å². The molecule has 0 fully saturated rings. The van der Waals surface area contributed by atoms with Gasteiger partial charge in [0.1, 0.15) is 0 Å². The monoisotopic (exact) mass is 292 g/mol. The quantitative estimate of drug-likeness (QED) is 0.677. The number of nitrogens with one attached hydrogen (secondary N) is 1. The summed E-state index contributed by atoms with van der Waals surface area (Å²) in [5.74, 6) is -1.92. The number of amides is 1. The average molecular weight is 292 g/mol. The first-order valence-corrected chi connectivity index (χ1v) is 6.67. The molecule has 0 spiro atoms. The van der Waals surface area contributed by atoms with E-state index in [1.165, 1.54) is 0 Å². The average Bonchev–Trinajstić information content (AvgIpc) is 2.53. The molecule has 0 atom stereocenters. The molecule has 2 aromatic rings. The summed E-state index contributed by atoms with van der Waals surface area (Å²) in [7, 11) is 0. The maximum absolute atomic E-state index is 11.4. The van der Waals surface area contributed by atoms with Gasteiger partial charge in [-0.3, -0.25) is 4.79 Å². The molecule has 4 nitrogen and oxygen atoms in total. The summed E-state index contributed by atoms with van der Waals surface area (Å²) in [6, 6.07) is 17.1. The molecule has 1 amide bonds. The molecule has 0 aliphatic rings. The van der Waals surface area contributed by atoms with E-state index >= 15 is 0 Å². The summed E-state index contributed by atoms with van der Waals surface area (Å²) in [5.41, 5.74) is 2.68. The Hall–Kier alpha value is -3.14. The molecule has 1 N–H and O–H groups in total. The van der Waals surface area contributed by atoms with E-state index in [0.29, 0.717) is 11.8 Å². The van der Waals surface area contributed by atoms with Gasteiger partial charge in [0.25, 0.3) is 0 Å². The molecule has 0 aliphatic carbocycles. The Kier molecular flexibility index (Phi) is 5.26. The predicted octanol–water partition coefficient (Wildman–Crippen LogP) is 2.10. The first-order valence-electron chi connectivity index (χ1n) is 6.67. The van der Waals surface area contributed by atoms with Crippen LogP contribution in [-0.4, -0.2) is 11.9 Å². The van der Waals surface area contributed by atoms with Crippen molar-refractivity contribution in [3.05, 3.63) is 77.9 Å². The molecule has 110 valence electrons. The van der Waals surface area contributed by atoms with E-state index in [-0.39, 0.29) is 0 Å². The second-order valence-corrected chi connectivity index (χ2v) is 4.51. The van der Waals surface area contributed by atoms with Gasteiger partial charge in [0.2, 0.25) is 5.91 Å². The Morgan fingerprint density at radius 2 is 1.41 bits per heavy atom. The van der Waals surface area contributed by atoms with Crippen LogP contribution in [-0.2, 0) is 9.59 Å². The van der Waals surface area contributed by atoms with Crippen molar-refractivity contribution in [3.8, 4) is 0 Å². The third-order valence-electron chi connectivity index (χ3n) is 2.82. The van der Waals surface area contributed by atoms with Crippen LogP contribution in [0.2, 0.25) is 0 Å². The van der Waals surface area contributed by atoms with Crippen LogP contribution in [0.25, 0.3) is 12.2 Å². The van der Waals surface area contributed by atoms with Gasteiger partial charge in [-0.25, -0.2) is 0 Å². The predicted molar refractivity (Wildman–Crippen MR) is 84.6 cm³/mol. The number of carboxylic acid groups (broad SMARTS) is 1. The number of hydrogen-bond acceptors (Lipinski definition) is 3. The number of carbonyl (C=O) groups is 2. The van der Waals surface area contributed by atoms with Crippen LogP contribution in [0.3, 0.4) is 0 Å². The van der Waals surface area contributed by atoms with E-state index < -0.39 is 11.9 Å². The maximum Gasteiger partial charge on any atom is 0.248 e. The highest BCUT2D eigenvalue weighted by Crippen LogP contribution is 2.12. The third-order valence-corrected chi connectivity index (χ3v) is 2.82. The Morgan fingerprint density at radius 3 is 2.00 bits per heavy atom. The minimum atomic E-state index is -1.41. The number of carboxylic acids is 1. The lowest BCUT2D eigenvalue weighted by Crippen LogP contribution is -2.20. The van der Waals surface area contributed by atoms with Crippen LogP contribution >= 0.6 is 0 Å². The lowest BCUT2D eigenvalue weighted by molar-refractivity contribution is -0.297. The van der Waals surface area contributed by atoms with Gasteiger partial charge in [0.05, 0.1) is 5.97 Å². The fourth-order valence-corrected chi connectivity index (χ4v) is 1.76. The van der Waals surface area contributed by atoms with Crippen LogP contribution in [0, 0.1) is 0 Å². The number of hydrogen-bond donors (Lipinski definition) is 1. The van der Waals surface area contributed by atoms with Crippen LogP contribution in [0.1, 0.15) is 11.1 Å². The highest BCUT2D eigenvalue weighted by molar-refractivity contribution is 6.02. The minimum absolute atomic E-state index is 0.517. The van der Waals surface area contributed by atoms with Crippen molar-refractivity contribution >= 4 is 29.7 Å². The van der Waals surface area contributed by atoms with E-state index in [1.807, 2.05) is 54.6 Å². The molecule has 0 aromatic heterocycles. The smallest absolute Gasteiger partial charge is 0.248 e. The van der Waals surface area contributed by atoms with Gasteiger partial charge < -0.3 is 15.2 Å². The van der Waals surface area contributed by atoms with E-state index in [2.05, 4.69) is 5.32 Å². The molecular weight excluding hydrogens is 278 g/mol. The molecule has 0 unspecified atom stereocenters. The molecule has 22 heavy (non-hydrogen) atoms. The molecule has 0 heterocycles. The zero-order valence-corrected chi connectivity index (χ0v) is 11.7. The van der Waals surface area contributed by atoms with Crippen molar-refractivity contribution in [1.82, 2.24) is 0 Å². The Bertz CT molecular complexity index is 701. The molecule has 0 bridgehead atoms. The maximum atomic E-state index is 11.4. The molecular formula is C18H14NO3-. The number of carbonyl (C=O) groups excluding carboxylic acids is 2. The second-order valence-electron chi connectivity index (χ2n) is 4.51. The largest absolute Gasteiger partial charge is 0.545 e. The number of rotatable bonds is 5. The van der Waals surface area contributed by atoms with Crippen molar-refractivity contribution in [2.75, 3.05) is 5.32 Å². The summed E-state index contributed by atoms with van der Waals surface area (Å²) in [6.45, 7) is 0. The Labute approximate surface area is 128 Å². The van der Waals surface area contributed by atoms with E-state index in [4.69, 9.17) is 0 Å². The summed E-state index contributed by atoms with van der Waals surface area (Å²) < 4.78 is 0. The number of anilines is 1. The van der Waals surface area contributed by atoms with Gasteiger partial charge in [-0.15, -0.1) is 0 Å². The fourth-order valence-electron chi connectivity index (χ4n) is 1.76. The molecule has 0 saturated carbocycles. The summed E-state index contributed by atoms with van der Waals surface area (Å²) in [4.78, 5) is 21.6. The second kappa shape index (κ2) is 7.59. The van der Waals surface area contributed by atoms with Crippen molar-refractivity contribution in [2.24, 2.45) is 0 Å². The number of benzene rings is 2. The first-order chi connectivity index (χ1) is 10.6. The lowest BCUT2D eigenvalue weighted by Gasteiger charge is -2.02. The molecule has 4 heteroatoms. The molecule has 2 aromatic carbocycles. The van der Waals surface area contributed by atoms with E-state index in [1.54, 1.807) is 12.1 Å². The number of aliphatic carboxylic acids is 1. The summed E-state index contributed by atoms with van der Waals surface area (Å²) in [6.07, 6.45) is 5.57. The first kappa shape index (κ1) is 15.3. The Balaban J connectivity index is 1.97. The van der Waals surface area contributed by atoms with Crippen LogP contribution in [0.5, 0.6) is 0 Å². The fraction of sp³-hybridized carbons (Fsp3) is 0. The van der Waals surface area contributed by atoms with Crippen molar-refractivity contribution in [1.29, 1.82) is 0 Å². The van der Waals surface area contributed by atoms with Crippen LogP contribution < -0.4 is 10.4 Å². The summed E-state index contributed by atoms with van der Waals surface area (Å²) in [5, 5.41) is 12.8.